The first-order chi connectivity index (χ1) is 14.9. The highest BCUT2D eigenvalue weighted by molar-refractivity contribution is 6.32. The highest BCUT2D eigenvalue weighted by Gasteiger charge is 2.74. The maximum atomic E-state index is 14.6. The third-order valence-electron chi connectivity index (χ3n) is 7.46. The van der Waals surface area contributed by atoms with Crippen LogP contribution in [0.1, 0.15) is 24.0 Å². The Morgan fingerprint density at radius 2 is 1.90 bits per heavy atom. The number of benzene rings is 2. The number of amides is 3. The molecule has 3 fully saturated rings. The molecule has 0 bridgehead atoms. The van der Waals surface area contributed by atoms with Crippen LogP contribution in [-0.2, 0) is 19.9 Å². The summed E-state index contributed by atoms with van der Waals surface area (Å²) in [7, 11) is 0. The van der Waals surface area contributed by atoms with Gasteiger partial charge in [0.25, 0.3) is 0 Å². The molecule has 158 valence electrons. The van der Waals surface area contributed by atoms with Crippen molar-refractivity contribution in [3.8, 4) is 0 Å². The molecule has 4 atom stereocenters. The van der Waals surface area contributed by atoms with Crippen molar-refractivity contribution >= 4 is 40.7 Å². The van der Waals surface area contributed by atoms with E-state index in [1.165, 1.54) is 18.2 Å². The molecule has 8 heteroatoms. The van der Waals surface area contributed by atoms with E-state index in [0.29, 0.717) is 29.2 Å². The first-order valence-corrected chi connectivity index (χ1v) is 10.8. The van der Waals surface area contributed by atoms with Crippen LogP contribution in [-0.4, -0.2) is 35.2 Å². The van der Waals surface area contributed by atoms with Crippen LogP contribution in [0.3, 0.4) is 0 Å². The van der Waals surface area contributed by atoms with Gasteiger partial charge in [-0.2, -0.15) is 0 Å². The lowest BCUT2D eigenvalue weighted by molar-refractivity contribution is -0.135. The van der Waals surface area contributed by atoms with E-state index in [1.54, 1.807) is 18.2 Å². The van der Waals surface area contributed by atoms with Crippen molar-refractivity contribution in [2.24, 2.45) is 11.8 Å². The molecule has 3 amide bonds. The number of anilines is 2. The Morgan fingerprint density at radius 3 is 2.68 bits per heavy atom. The molecule has 6 rings (SSSR count). The molecule has 2 aromatic rings. The summed E-state index contributed by atoms with van der Waals surface area (Å²) < 4.78 is 14.6. The van der Waals surface area contributed by atoms with Gasteiger partial charge >= 0.3 is 0 Å². The fourth-order valence-electron chi connectivity index (χ4n) is 6.26. The van der Waals surface area contributed by atoms with E-state index >= 15 is 0 Å². The summed E-state index contributed by atoms with van der Waals surface area (Å²) >= 11 is 6.29. The van der Waals surface area contributed by atoms with E-state index in [2.05, 4.69) is 5.32 Å². The molecule has 0 unspecified atom stereocenters. The standard InChI is InChI=1S/C23H19ClFN3O3/c1-11-13(24)9-8-12-19(11)26-22(31)23(12)18-17(16-7-4-10-27(16)23)20(29)28(21(18)30)15-6-3-2-5-14(15)25/h2-3,5-6,8-9,16-18H,4,7,10H2,1H3,(H,26,31)/t16-,17-,18+,23-/m1/s1. The molecule has 0 radical (unpaired) electrons. The highest BCUT2D eigenvalue weighted by atomic mass is 35.5. The van der Waals surface area contributed by atoms with Gasteiger partial charge in [0.1, 0.15) is 11.4 Å². The minimum absolute atomic E-state index is 0.0579. The number of para-hydroxylation sites is 1. The monoisotopic (exact) mass is 439 g/mol. The van der Waals surface area contributed by atoms with Gasteiger partial charge in [0.2, 0.25) is 17.7 Å². The molecule has 0 saturated carbocycles. The smallest absolute Gasteiger partial charge is 0.250 e. The molecule has 1 N–H and O–H groups in total. The first-order valence-electron chi connectivity index (χ1n) is 10.4. The number of imide groups is 1. The van der Waals surface area contributed by atoms with Crippen molar-refractivity contribution in [3.63, 3.8) is 0 Å². The molecule has 6 nitrogen and oxygen atoms in total. The van der Waals surface area contributed by atoms with Gasteiger partial charge in [-0.15, -0.1) is 0 Å². The summed E-state index contributed by atoms with van der Waals surface area (Å²) in [5, 5.41) is 3.46. The quantitative estimate of drug-likeness (QED) is 0.693. The average Bonchev–Trinajstić information content (AvgIpc) is 3.45. The number of halogens is 2. The number of hydrogen-bond donors (Lipinski definition) is 1. The average molecular weight is 440 g/mol. The zero-order valence-corrected chi connectivity index (χ0v) is 17.4. The van der Waals surface area contributed by atoms with Crippen molar-refractivity contribution in [1.29, 1.82) is 0 Å². The van der Waals surface area contributed by atoms with Gasteiger partial charge in [0.15, 0.2) is 0 Å². The summed E-state index contributed by atoms with van der Waals surface area (Å²) in [6.45, 7) is 2.44. The lowest BCUT2D eigenvalue weighted by Crippen LogP contribution is -2.54. The second kappa shape index (κ2) is 6.14. The first kappa shape index (κ1) is 19.0. The minimum Gasteiger partial charge on any atom is -0.324 e. The molecule has 4 aliphatic heterocycles. The van der Waals surface area contributed by atoms with Crippen LogP contribution in [0.25, 0.3) is 0 Å². The molecule has 1 spiro atoms. The second-order valence-corrected chi connectivity index (χ2v) is 9.09. The van der Waals surface area contributed by atoms with Crippen molar-refractivity contribution in [1.82, 2.24) is 4.90 Å². The second-order valence-electron chi connectivity index (χ2n) is 8.69. The molecule has 31 heavy (non-hydrogen) atoms. The Bertz CT molecular complexity index is 1200. The largest absolute Gasteiger partial charge is 0.324 e. The van der Waals surface area contributed by atoms with Crippen LogP contribution >= 0.6 is 11.6 Å². The van der Waals surface area contributed by atoms with Gasteiger partial charge in [-0.25, -0.2) is 9.29 Å². The Morgan fingerprint density at radius 1 is 1.13 bits per heavy atom. The SMILES string of the molecule is Cc1c(Cl)ccc2c1NC(=O)[C@]21[C@@H]2C(=O)N(c3ccccc3F)C(=O)[C@@H]2[C@H]2CCCN21. The van der Waals surface area contributed by atoms with Gasteiger partial charge in [-0.1, -0.05) is 29.8 Å². The van der Waals surface area contributed by atoms with Crippen LogP contribution in [0.2, 0.25) is 5.02 Å². The van der Waals surface area contributed by atoms with Gasteiger partial charge in [-0.05, 0) is 50.1 Å². The number of hydrogen-bond acceptors (Lipinski definition) is 4. The fourth-order valence-corrected chi connectivity index (χ4v) is 6.42. The van der Waals surface area contributed by atoms with Crippen LogP contribution in [0.15, 0.2) is 36.4 Å². The third kappa shape index (κ3) is 2.08. The van der Waals surface area contributed by atoms with Gasteiger partial charge in [-0.3, -0.25) is 19.3 Å². The Labute approximate surface area is 183 Å². The maximum Gasteiger partial charge on any atom is 0.250 e. The van der Waals surface area contributed by atoms with Gasteiger partial charge in [0, 0.05) is 16.6 Å². The van der Waals surface area contributed by atoms with E-state index < -0.39 is 35.0 Å². The molecule has 4 aliphatic rings. The minimum atomic E-state index is -1.29. The Balaban J connectivity index is 1.59. The van der Waals surface area contributed by atoms with E-state index in [1.807, 2.05) is 11.8 Å². The number of rotatable bonds is 1. The lowest BCUT2D eigenvalue weighted by Gasteiger charge is -2.36. The van der Waals surface area contributed by atoms with Crippen molar-refractivity contribution in [2.45, 2.75) is 31.3 Å². The molecule has 0 aliphatic carbocycles. The Kier molecular flexibility index (Phi) is 3.76. The summed E-state index contributed by atoms with van der Waals surface area (Å²) in [6, 6.07) is 9.02. The van der Waals surface area contributed by atoms with E-state index in [4.69, 9.17) is 11.6 Å². The van der Waals surface area contributed by atoms with Crippen LogP contribution in [0, 0.1) is 24.6 Å². The number of fused-ring (bicyclic) bond motifs is 7. The van der Waals surface area contributed by atoms with Crippen LogP contribution < -0.4 is 10.2 Å². The van der Waals surface area contributed by atoms with Crippen LogP contribution in [0.5, 0.6) is 0 Å². The van der Waals surface area contributed by atoms with Crippen molar-refractivity contribution < 1.29 is 18.8 Å². The van der Waals surface area contributed by atoms with E-state index in [9.17, 15) is 18.8 Å². The summed E-state index contributed by atoms with van der Waals surface area (Å²) in [5.41, 5.74) is 0.663. The lowest BCUT2D eigenvalue weighted by atomic mass is 9.75. The molecule has 0 aromatic heterocycles. The van der Waals surface area contributed by atoms with Gasteiger partial charge in [0.05, 0.1) is 23.2 Å². The number of carbonyl (C=O) groups excluding carboxylic acids is 3. The molecule has 2 aromatic carbocycles. The summed E-state index contributed by atoms with van der Waals surface area (Å²) in [5.74, 6) is -3.51. The molecular weight excluding hydrogens is 421 g/mol. The predicted molar refractivity (Wildman–Crippen MR) is 112 cm³/mol. The van der Waals surface area contributed by atoms with Crippen molar-refractivity contribution in [2.75, 3.05) is 16.8 Å². The highest BCUT2D eigenvalue weighted by Crippen LogP contribution is 2.61. The van der Waals surface area contributed by atoms with Crippen LogP contribution in [0.4, 0.5) is 15.8 Å². The topological polar surface area (TPSA) is 69.7 Å². The summed E-state index contributed by atoms with van der Waals surface area (Å²) in [4.78, 5) is 43.9. The zero-order valence-electron chi connectivity index (χ0n) is 16.7. The maximum absolute atomic E-state index is 14.6. The number of nitrogens with zero attached hydrogens (tertiary/aromatic N) is 2. The number of nitrogens with one attached hydrogen (secondary N) is 1. The normalized spacial score (nSPS) is 31.4. The molecule has 3 saturated heterocycles. The van der Waals surface area contributed by atoms with Gasteiger partial charge < -0.3 is 5.32 Å². The zero-order chi connectivity index (χ0) is 21.7. The summed E-state index contributed by atoms with van der Waals surface area (Å²) in [6.07, 6.45) is 1.54. The number of carbonyl (C=O) groups is 3. The third-order valence-corrected chi connectivity index (χ3v) is 7.87. The van der Waals surface area contributed by atoms with Crippen molar-refractivity contribution in [3.05, 3.63) is 58.4 Å². The fraction of sp³-hybridized carbons (Fsp3) is 0.348. The predicted octanol–water partition coefficient (Wildman–Crippen LogP) is 3.22. The molecular formula is C23H19ClFN3O3. The van der Waals surface area contributed by atoms with E-state index in [0.717, 1.165) is 16.9 Å². The Hall–Kier alpha value is -2.77. The molecule has 4 heterocycles. The van der Waals surface area contributed by atoms with E-state index in [-0.39, 0.29) is 17.6 Å².